The number of benzene rings is 4. The highest BCUT2D eigenvalue weighted by Crippen LogP contribution is 2.39. The van der Waals surface area contributed by atoms with E-state index in [1.165, 1.54) is 24.3 Å². The van der Waals surface area contributed by atoms with Crippen LogP contribution in [-0.4, -0.2) is 27.7 Å². The van der Waals surface area contributed by atoms with E-state index in [1.54, 1.807) is 36.7 Å². The van der Waals surface area contributed by atoms with Crippen molar-refractivity contribution in [3.8, 4) is 11.1 Å². The van der Waals surface area contributed by atoms with Gasteiger partial charge in [-0.15, -0.1) is 0 Å². The Morgan fingerprint density at radius 1 is 0.860 bits per heavy atom. The van der Waals surface area contributed by atoms with E-state index in [0.717, 1.165) is 33.0 Å². The number of hydrogen-bond acceptors (Lipinski definition) is 4. The number of rotatable bonds is 7. The maximum atomic E-state index is 13.3. The average molecular weight is 572 g/mol. The van der Waals surface area contributed by atoms with Crippen LogP contribution in [0, 0.1) is 12.7 Å². The molecule has 0 fully saturated rings. The molecule has 43 heavy (non-hydrogen) atoms. The fourth-order valence-electron chi connectivity index (χ4n) is 5.23. The van der Waals surface area contributed by atoms with Gasteiger partial charge < -0.3 is 21.4 Å². The van der Waals surface area contributed by atoms with Crippen LogP contribution in [0.5, 0.6) is 0 Å². The Morgan fingerprint density at radius 2 is 1.60 bits per heavy atom. The summed E-state index contributed by atoms with van der Waals surface area (Å²) in [7, 11) is 0. The number of nitrogens with one attached hydrogen (secondary N) is 3. The van der Waals surface area contributed by atoms with Gasteiger partial charge in [-0.1, -0.05) is 24.3 Å². The lowest BCUT2D eigenvalue weighted by molar-refractivity contribution is 0.0949. The van der Waals surface area contributed by atoms with E-state index in [-0.39, 0.29) is 11.8 Å². The smallest absolute Gasteiger partial charge is 0.255 e. The number of aromatic amines is 1. The van der Waals surface area contributed by atoms with Gasteiger partial charge in [-0.05, 0) is 89.8 Å². The maximum Gasteiger partial charge on any atom is 0.255 e. The van der Waals surface area contributed by atoms with E-state index >= 15 is 0 Å². The van der Waals surface area contributed by atoms with Crippen molar-refractivity contribution in [1.82, 2.24) is 15.3 Å². The van der Waals surface area contributed by atoms with Crippen molar-refractivity contribution >= 4 is 45.2 Å². The number of hydrogen-bond donors (Lipinski definition) is 4. The summed E-state index contributed by atoms with van der Waals surface area (Å²) in [5.41, 5.74) is 12.0. The standard InChI is InChI=1S/C34H26FN5O3/c1-19-24(3-2-4-28(19)40-34(43)21-5-8-23(35)9-6-21)25-11-12-27(32(36)41)31-30(25)26-10-7-22(17-29(26)39-31)33(42)38-18-20-13-15-37-16-14-20/h2-17,39H,18H2,1H3,(H2,36,41)(H,38,42)(H,40,43). The number of nitrogens with two attached hydrogens (primary N) is 1. The molecule has 0 atom stereocenters. The minimum absolute atomic E-state index is 0.242. The highest BCUT2D eigenvalue weighted by molar-refractivity contribution is 6.20. The van der Waals surface area contributed by atoms with E-state index in [0.29, 0.717) is 40.0 Å². The fourth-order valence-corrected chi connectivity index (χ4v) is 5.23. The second kappa shape index (κ2) is 11.2. The third-order valence-electron chi connectivity index (χ3n) is 7.46. The molecule has 6 rings (SSSR count). The van der Waals surface area contributed by atoms with Crippen molar-refractivity contribution in [1.29, 1.82) is 0 Å². The Labute approximate surface area is 245 Å². The molecule has 5 N–H and O–H groups in total. The van der Waals surface area contributed by atoms with Crippen molar-refractivity contribution in [3.63, 3.8) is 0 Å². The predicted molar refractivity (Wildman–Crippen MR) is 164 cm³/mol. The number of amides is 3. The van der Waals surface area contributed by atoms with Gasteiger partial charge in [-0.25, -0.2) is 4.39 Å². The summed E-state index contributed by atoms with van der Waals surface area (Å²) in [6.07, 6.45) is 3.34. The van der Waals surface area contributed by atoms with Gasteiger partial charge in [0.15, 0.2) is 0 Å². The van der Waals surface area contributed by atoms with Gasteiger partial charge in [0.2, 0.25) is 0 Å². The lowest BCUT2D eigenvalue weighted by Crippen LogP contribution is -2.22. The minimum Gasteiger partial charge on any atom is -0.366 e. The lowest BCUT2D eigenvalue weighted by atomic mass is 9.93. The van der Waals surface area contributed by atoms with Gasteiger partial charge >= 0.3 is 0 Å². The van der Waals surface area contributed by atoms with Crippen molar-refractivity contribution in [2.45, 2.75) is 13.5 Å². The van der Waals surface area contributed by atoms with Crippen LogP contribution in [0.4, 0.5) is 10.1 Å². The van der Waals surface area contributed by atoms with Crippen molar-refractivity contribution < 1.29 is 18.8 Å². The van der Waals surface area contributed by atoms with Crippen LogP contribution in [0.25, 0.3) is 32.9 Å². The molecular formula is C34H26FN5O3. The van der Waals surface area contributed by atoms with E-state index in [4.69, 9.17) is 5.73 Å². The number of aromatic nitrogens is 2. The zero-order chi connectivity index (χ0) is 30.1. The van der Waals surface area contributed by atoms with Crippen LogP contribution in [0.2, 0.25) is 0 Å². The van der Waals surface area contributed by atoms with E-state index in [2.05, 4.69) is 20.6 Å². The Bertz CT molecular complexity index is 2040. The lowest BCUT2D eigenvalue weighted by Gasteiger charge is -2.15. The third-order valence-corrected chi connectivity index (χ3v) is 7.46. The monoisotopic (exact) mass is 571 g/mol. The molecule has 9 heteroatoms. The summed E-state index contributed by atoms with van der Waals surface area (Å²) in [4.78, 5) is 45.5. The van der Waals surface area contributed by atoms with Crippen LogP contribution in [0.1, 0.15) is 42.2 Å². The van der Waals surface area contributed by atoms with Gasteiger partial charge in [-0.2, -0.15) is 0 Å². The molecule has 0 spiro atoms. The largest absolute Gasteiger partial charge is 0.366 e. The summed E-state index contributed by atoms with van der Waals surface area (Å²) in [5, 5.41) is 7.40. The molecule has 0 bridgehead atoms. The molecule has 0 aliphatic heterocycles. The topological polar surface area (TPSA) is 130 Å². The van der Waals surface area contributed by atoms with Crippen molar-refractivity contribution in [2.24, 2.45) is 5.73 Å². The number of nitrogens with zero attached hydrogens (tertiary/aromatic N) is 1. The molecule has 2 heterocycles. The van der Waals surface area contributed by atoms with Crippen molar-refractivity contribution in [3.05, 3.63) is 131 Å². The number of carbonyl (C=O) groups is 3. The van der Waals surface area contributed by atoms with E-state index in [1.807, 2.05) is 43.3 Å². The Hall–Kier alpha value is -5.83. The van der Waals surface area contributed by atoms with Gasteiger partial charge in [0.1, 0.15) is 5.82 Å². The van der Waals surface area contributed by atoms with Gasteiger partial charge in [0.05, 0.1) is 11.1 Å². The SMILES string of the molecule is Cc1c(NC(=O)c2ccc(F)cc2)cccc1-c1ccc(C(N)=O)c2[nH]c3cc(C(=O)NCc4ccncc4)ccc3c12. The minimum atomic E-state index is -0.588. The maximum absolute atomic E-state index is 13.3. The Morgan fingerprint density at radius 3 is 2.35 bits per heavy atom. The number of H-pyrrole nitrogens is 1. The second-order valence-electron chi connectivity index (χ2n) is 10.1. The highest BCUT2D eigenvalue weighted by atomic mass is 19.1. The molecule has 0 saturated carbocycles. The van der Waals surface area contributed by atoms with E-state index < -0.39 is 11.7 Å². The van der Waals surface area contributed by atoms with Crippen LogP contribution in [0.3, 0.4) is 0 Å². The highest BCUT2D eigenvalue weighted by Gasteiger charge is 2.20. The zero-order valence-corrected chi connectivity index (χ0v) is 23.1. The van der Waals surface area contributed by atoms with Crippen LogP contribution in [0.15, 0.2) is 97.3 Å². The van der Waals surface area contributed by atoms with Crippen LogP contribution < -0.4 is 16.4 Å². The first-order valence-electron chi connectivity index (χ1n) is 13.5. The molecule has 2 aromatic heterocycles. The van der Waals surface area contributed by atoms with Crippen LogP contribution >= 0.6 is 0 Å². The van der Waals surface area contributed by atoms with Gasteiger partial charge in [-0.3, -0.25) is 19.4 Å². The summed E-state index contributed by atoms with van der Waals surface area (Å²) >= 11 is 0. The first-order valence-corrected chi connectivity index (χ1v) is 13.5. The quantitative estimate of drug-likeness (QED) is 0.184. The summed E-state index contributed by atoms with van der Waals surface area (Å²) in [5.74, 6) is -1.62. The summed E-state index contributed by atoms with van der Waals surface area (Å²) in [6, 6.07) is 23.4. The van der Waals surface area contributed by atoms with Crippen molar-refractivity contribution in [2.75, 3.05) is 5.32 Å². The molecular weight excluding hydrogens is 545 g/mol. The number of anilines is 1. The fraction of sp³-hybridized carbons (Fsp3) is 0.0588. The molecule has 212 valence electrons. The van der Waals surface area contributed by atoms with E-state index in [9.17, 15) is 18.8 Å². The number of pyridine rings is 1. The Kier molecular flexibility index (Phi) is 7.13. The first kappa shape index (κ1) is 27.3. The number of halogens is 1. The van der Waals surface area contributed by atoms with Gasteiger partial charge in [0.25, 0.3) is 17.7 Å². The Balaban J connectivity index is 1.40. The normalized spacial score (nSPS) is 11.0. The second-order valence-corrected chi connectivity index (χ2v) is 10.1. The summed E-state index contributed by atoms with van der Waals surface area (Å²) < 4.78 is 13.3. The van der Waals surface area contributed by atoms with Crippen LogP contribution in [-0.2, 0) is 6.54 Å². The molecule has 0 radical (unpaired) electrons. The third kappa shape index (κ3) is 5.31. The molecule has 0 unspecified atom stereocenters. The molecule has 8 nitrogen and oxygen atoms in total. The molecule has 0 saturated heterocycles. The number of carbonyl (C=O) groups excluding carboxylic acids is 3. The number of primary amides is 1. The number of fused-ring (bicyclic) bond motifs is 3. The first-order chi connectivity index (χ1) is 20.8. The average Bonchev–Trinajstić information content (AvgIpc) is 3.40. The summed E-state index contributed by atoms with van der Waals surface area (Å²) in [6.45, 7) is 2.25. The molecule has 6 aromatic rings. The molecule has 4 aromatic carbocycles. The molecule has 0 aliphatic carbocycles. The molecule has 0 aliphatic rings. The van der Waals surface area contributed by atoms with Gasteiger partial charge in [0, 0.05) is 52.0 Å². The predicted octanol–water partition coefficient (Wildman–Crippen LogP) is 6.11. The zero-order valence-electron chi connectivity index (χ0n) is 23.1. The molecule has 3 amide bonds.